The first-order valence-electron chi connectivity index (χ1n) is 9.68. The zero-order valence-electron chi connectivity index (χ0n) is 16.3. The van der Waals surface area contributed by atoms with Crippen molar-refractivity contribution in [2.75, 3.05) is 13.1 Å². The molecule has 156 valence electrons. The lowest BCUT2D eigenvalue weighted by molar-refractivity contribution is -0.137. The van der Waals surface area contributed by atoms with Crippen LogP contribution in [0.1, 0.15) is 46.1 Å². The zero-order valence-corrected chi connectivity index (χ0v) is 16.3. The van der Waals surface area contributed by atoms with Gasteiger partial charge in [0.25, 0.3) is 11.8 Å². The van der Waals surface area contributed by atoms with E-state index in [0.717, 1.165) is 23.3 Å². The Hall–Kier alpha value is -3.16. The largest absolute Gasteiger partial charge is 0.416 e. The number of likely N-dealkylation sites (tertiary alicyclic amines) is 1. The Morgan fingerprint density at radius 1 is 1.03 bits per heavy atom. The van der Waals surface area contributed by atoms with E-state index >= 15 is 0 Å². The van der Waals surface area contributed by atoms with Crippen LogP contribution in [0.15, 0.2) is 53.1 Å². The summed E-state index contributed by atoms with van der Waals surface area (Å²) in [5.74, 6) is 0.890. The molecule has 1 aliphatic heterocycles. The third-order valence-corrected chi connectivity index (χ3v) is 5.35. The van der Waals surface area contributed by atoms with Crippen molar-refractivity contribution in [3.05, 3.63) is 71.0 Å². The molecule has 0 radical (unpaired) electrons. The van der Waals surface area contributed by atoms with E-state index in [1.54, 1.807) is 4.90 Å². The molecule has 0 saturated carbocycles. The number of rotatable bonds is 3. The minimum absolute atomic E-state index is 0.0737. The topological polar surface area (TPSA) is 59.2 Å². The lowest BCUT2D eigenvalue weighted by atomic mass is 9.95. The van der Waals surface area contributed by atoms with Crippen LogP contribution in [0.2, 0.25) is 0 Å². The predicted octanol–water partition coefficient (Wildman–Crippen LogP) is 5.08. The van der Waals surface area contributed by atoms with Gasteiger partial charge < -0.3 is 9.42 Å². The van der Waals surface area contributed by atoms with Crippen molar-refractivity contribution >= 4 is 5.91 Å². The van der Waals surface area contributed by atoms with Gasteiger partial charge in [0.15, 0.2) is 5.82 Å². The Bertz CT molecular complexity index is 1020. The molecule has 1 aliphatic rings. The molecule has 1 amide bonds. The molecule has 0 spiro atoms. The summed E-state index contributed by atoms with van der Waals surface area (Å²) in [5.41, 5.74) is 1.49. The number of halogens is 3. The maximum Gasteiger partial charge on any atom is 0.416 e. The minimum Gasteiger partial charge on any atom is -0.339 e. The van der Waals surface area contributed by atoms with Crippen LogP contribution in [0.25, 0.3) is 11.5 Å². The Morgan fingerprint density at radius 3 is 2.27 bits per heavy atom. The van der Waals surface area contributed by atoms with Crippen molar-refractivity contribution in [3.8, 4) is 11.5 Å². The lowest BCUT2D eigenvalue weighted by Crippen LogP contribution is -2.38. The van der Waals surface area contributed by atoms with Gasteiger partial charge in [0.2, 0.25) is 0 Å². The maximum atomic E-state index is 12.7. The van der Waals surface area contributed by atoms with E-state index in [0.29, 0.717) is 37.6 Å². The molecule has 2 aromatic carbocycles. The molecule has 2 heterocycles. The molecule has 0 atom stereocenters. The van der Waals surface area contributed by atoms with Crippen LogP contribution in [0.4, 0.5) is 13.2 Å². The molecule has 0 bridgehead atoms. The molecule has 3 aromatic rings. The van der Waals surface area contributed by atoms with Crippen molar-refractivity contribution in [2.45, 2.75) is 31.9 Å². The van der Waals surface area contributed by atoms with Gasteiger partial charge in [0.1, 0.15) is 0 Å². The van der Waals surface area contributed by atoms with Gasteiger partial charge in [-0.3, -0.25) is 4.79 Å². The van der Waals surface area contributed by atoms with Gasteiger partial charge in [-0.15, -0.1) is 0 Å². The Morgan fingerprint density at radius 2 is 1.67 bits per heavy atom. The maximum absolute atomic E-state index is 12.7. The average Bonchev–Trinajstić information content (AvgIpc) is 3.24. The smallest absolute Gasteiger partial charge is 0.339 e. The molecule has 30 heavy (non-hydrogen) atoms. The average molecular weight is 415 g/mol. The molecule has 5 nitrogen and oxygen atoms in total. The molecule has 0 unspecified atom stereocenters. The molecular formula is C22H20F3N3O2. The van der Waals surface area contributed by atoms with Gasteiger partial charge in [0, 0.05) is 30.1 Å². The van der Waals surface area contributed by atoms with Crippen molar-refractivity contribution in [3.63, 3.8) is 0 Å². The van der Waals surface area contributed by atoms with E-state index in [9.17, 15) is 18.0 Å². The first kappa shape index (κ1) is 20.1. The molecular weight excluding hydrogens is 395 g/mol. The number of amides is 1. The SMILES string of the molecule is Cc1ccc(-c2nc(C3CCN(C(=O)c4ccc(C(F)(F)F)cc4)CC3)no2)cc1. The number of aromatic nitrogens is 2. The minimum atomic E-state index is -4.41. The number of piperidine rings is 1. The number of nitrogens with zero attached hydrogens (tertiary/aromatic N) is 3. The highest BCUT2D eigenvalue weighted by molar-refractivity contribution is 5.94. The molecule has 4 rings (SSSR count). The van der Waals surface area contributed by atoms with Crippen LogP contribution >= 0.6 is 0 Å². The zero-order chi connectivity index (χ0) is 21.3. The van der Waals surface area contributed by atoms with Gasteiger partial charge in [-0.05, 0) is 56.2 Å². The summed E-state index contributed by atoms with van der Waals surface area (Å²) < 4.78 is 43.5. The normalized spacial score (nSPS) is 15.4. The van der Waals surface area contributed by atoms with Crippen LogP contribution in [0.5, 0.6) is 0 Å². The van der Waals surface area contributed by atoms with Gasteiger partial charge >= 0.3 is 6.18 Å². The Labute approximate surface area is 171 Å². The van der Waals surface area contributed by atoms with E-state index in [1.165, 1.54) is 12.1 Å². The first-order chi connectivity index (χ1) is 14.3. The fourth-order valence-electron chi connectivity index (χ4n) is 3.54. The second-order valence-electron chi connectivity index (χ2n) is 7.47. The third kappa shape index (κ3) is 4.22. The number of carbonyl (C=O) groups is 1. The fourth-order valence-corrected chi connectivity index (χ4v) is 3.54. The van der Waals surface area contributed by atoms with Gasteiger partial charge in [0.05, 0.1) is 5.56 Å². The van der Waals surface area contributed by atoms with Crippen LogP contribution in [0, 0.1) is 6.92 Å². The number of carbonyl (C=O) groups excluding carboxylic acids is 1. The second-order valence-corrected chi connectivity index (χ2v) is 7.47. The van der Waals surface area contributed by atoms with Gasteiger partial charge in [-0.1, -0.05) is 22.9 Å². The van der Waals surface area contributed by atoms with Crippen molar-refractivity contribution in [1.29, 1.82) is 0 Å². The molecule has 1 saturated heterocycles. The quantitative estimate of drug-likeness (QED) is 0.598. The summed E-state index contributed by atoms with van der Waals surface area (Å²) in [7, 11) is 0. The fraction of sp³-hybridized carbons (Fsp3) is 0.318. The van der Waals surface area contributed by atoms with E-state index in [1.807, 2.05) is 31.2 Å². The molecule has 0 N–H and O–H groups in total. The first-order valence-corrected chi connectivity index (χ1v) is 9.68. The number of alkyl halides is 3. The Kier molecular flexibility index (Phi) is 5.32. The van der Waals surface area contributed by atoms with Crippen molar-refractivity contribution in [1.82, 2.24) is 15.0 Å². The van der Waals surface area contributed by atoms with Crippen LogP contribution in [0.3, 0.4) is 0 Å². The van der Waals surface area contributed by atoms with Gasteiger partial charge in [-0.2, -0.15) is 18.2 Å². The standard InChI is InChI=1S/C22H20F3N3O2/c1-14-2-4-16(5-3-14)20-26-19(27-30-20)15-10-12-28(13-11-15)21(29)17-6-8-18(9-7-17)22(23,24)25/h2-9,15H,10-13H2,1H3. The Balaban J connectivity index is 1.38. The summed E-state index contributed by atoms with van der Waals surface area (Å²) in [6.07, 6.45) is -3.08. The summed E-state index contributed by atoms with van der Waals surface area (Å²) >= 11 is 0. The molecule has 0 aliphatic carbocycles. The second kappa shape index (κ2) is 7.93. The molecule has 1 fully saturated rings. The number of hydrogen-bond acceptors (Lipinski definition) is 4. The van der Waals surface area contributed by atoms with Crippen LogP contribution < -0.4 is 0 Å². The van der Waals surface area contributed by atoms with E-state index in [4.69, 9.17) is 4.52 Å². The van der Waals surface area contributed by atoms with Crippen molar-refractivity contribution < 1.29 is 22.5 Å². The van der Waals surface area contributed by atoms with E-state index < -0.39 is 11.7 Å². The highest BCUT2D eigenvalue weighted by Gasteiger charge is 2.31. The monoisotopic (exact) mass is 415 g/mol. The number of aryl methyl sites for hydroxylation is 1. The highest BCUT2D eigenvalue weighted by Crippen LogP contribution is 2.31. The van der Waals surface area contributed by atoms with E-state index in [-0.39, 0.29) is 17.4 Å². The van der Waals surface area contributed by atoms with Gasteiger partial charge in [-0.25, -0.2) is 0 Å². The third-order valence-electron chi connectivity index (χ3n) is 5.35. The number of benzene rings is 2. The number of hydrogen-bond donors (Lipinski definition) is 0. The lowest BCUT2D eigenvalue weighted by Gasteiger charge is -2.30. The molecule has 1 aromatic heterocycles. The highest BCUT2D eigenvalue weighted by atomic mass is 19.4. The van der Waals surface area contributed by atoms with Crippen molar-refractivity contribution in [2.24, 2.45) is 0 Å². The summed E-state index contributed by atoms with van der Waals surface area (Å²) in [6.45, 7) is 2.97. The predicted molar refractivity (Wildman–Crippen MR) is 104 cm³/mol. The summed E-state index contributed by atoms with van der Waals surface area (Å²) in [4.78, 5) is 18.8. The van der Waals surface area contributed by atoms with Crippen LogP contribution in [-0.4, -0.2) is 34.0 Å². The molecule has 8 heteroatoms. The summed E-state index contributed by atoms with van der Waals surface area (Å²) in [6, 6.07) is 12.1. The summed E-state index contributed by atoms with van der Waals surface area (Å²) in [5, 5.41) is 4.10. The van der Waals surface area contributed by atoms with Crippen LogP contribution in [-0.2, 0) is 6.18 Å². The van der Waals surface area contributed by atoms with E-state index in [2.05, 4.69) is 10.1 Å².